The van der Waals surface area contributed by atoms with Crippen molar-refractivity contribution in [2.75, 3.05) is 18.4 Å². The molecule has 2 aliphatic heterocycles. The highest BCUT2D eigenvalue weighted by molar-refractivity contribution is 7.15. The molecule has 1 aliphatic carbocycles. The number of urea groups is 1. The number of rotatable bonds is 6. The number of carbonyl (C=O) groups is 3. The molecule has 1 aromatic heterocycles. The molecule has 162 valence electrons. The quantitative estimate of drug-likeness (QED) is 0.674. The number of anilines is 1. The summed E-state index contributed by atoms with van der Waals surface area (Å²) in [6, 6.07) is 9.86. The molecule has 0 unspecified atom stereocenters. The Morgan fingerprint density at radius 2 is 2.06 bits per heavy atom. The van der Waals surface area contributed by atoms with Crippen molar-refractivity contribution in [3.8, 4) is 0 Å². The molecule has 2 N–H and O–H groups in total. The SMILES string of the molecule is C[C@@]1(C2CC2)NC(=O)N(CC(=O)Nc2nc3c(s2)CN(Cc2ccccc2)CC3)C1=O. The molecule has 1 saturated carbocycles. The third-order valence-electron chi connectivity index (χ3n) is 6.30. The lowest BCUT2D eigenvalue weighted by Crippen LogP contribution is -2.46. The van der Waals surface area contributed by atoms with E-state index in [1.54, 1.807) is 6.92 Å². The number of nitrogens with one attached hydrogen (secondary N) is 2. The van der Waals surface area contributed by atoms with Gasteiger partial charge in [-0.3, -0.25) is 19.4 Å². The van der Waals surface area contributed by atoms with Gasteiger partial charge in [-0.1, -0.05) is 30.3 Å². The van der Waals surface area contributed by atoms with Crippen molar-refractivity contribution < 1.29 is 14.4 Å². The third-order valence-corrected chi connectivity index (χ3v) is 7.30. The Hall–Kier alpha value is -2.78. The van der Waals surface area contributed by atoms with E-state index in [2.05, 4.69) is 32.7 Å². The molecular formula is C22H25N5O3S. The monoisotopic (exact) mass is 439 g/mol. The smallest absolute Gasteiger partial charge is 0.323 e. The molecular weight excluding hydrogens is 414 g/mol. The average molecular weight is 440 g/mol. The molecule has 0 radical (unpaired) electrons. The molecule has 1 aromatic carbocycles. The fourth-order valence-electron chi connectivity index (χ4n) is 4.38. The molecule has 9 heteroatoms. The van der Waals surface area contributed by atoms with Crippen LogP contribution in [0.4, 0.5) is 9.93 Å². The van der Waals surface area contributed by atoms with Crippen LogP contribution in [-0.4, -0.2) is 51.3 Å². The van der Waals surface area contributed by atoms with Crippen molar-refractivity contribution in [3.05, 3.63) is 46.5 Å². The molecule has 0 bridgehead atoms. The molecule has 5 rings (SSSR count). The standard InChI is InChI=1S/C22H25N5O3S/c1-22(15-7-8-15)19(29)27(21(30)25-22)13-18(28)24-20-23-16-9-10-26(12-17(16)31-20)11-14-5-3-2-4-6-14/h2-6,15H,7-13H2,1H3,(H,25,30)(H,23,24,28)/t22-/m0/s1. The van der Waals surface area contributed by atoms with Gasteiger partial charge in [0.2, 0.25) is 5.91 Å². The molecule has 31 heavy (non-hydrogen) atoms. The highest BCUT2D eigenvalue weighted by Crippen LogP contribution is 2.42. The van der Waals surface area contributed by atoms with E-state index in [1.807, 2.05) is 18.2 Å². The van der Waals surface area contributed by atoms with Crippen LogP contribution in [0, 0.1) is 5.92 Å². The van der Waals surface area contributed by atoms with Gasteiger partial charge in [0.1, 0.15) is 12.1 Å². The van der Waals surface area contributed by atoms with Gasteiger partial charge in [-0.2, -0.15) is 0 Å². The van der Waals surface area contributed by atoms with Crippen molar-refractivity contribution in [1.82, 2.24) is 20.1 Å². The van der Waals surface area contributed by atoms with Gasteiger partial charge in [-0.25, -0.2) is 9.78 Å². The number of benzene rings is 1. The number of hydrogen-bond donors (Lipinski definition) is 2. The maximum Gasteiger partial charge on any atom is 0.325 e. The summed E-state index contributed by atoms with van der Waals surface area (Å²) >= 11 is 1.46. The van der Waals surface area contributed by atoms with Gasteiger partial charge in [0.15, 0.2) is 5.13 Å². The van der Waals surface area contributed by atoms with Crippen LogP contribution in [0.5, 0.6) is 0 Å². The summed E-state index contributed by atoms with van der Waals surface area (Å²) < 4.78 is 0. The van der Waals surface area contributed by atoms with Gasteiger partial charge in [0, 0.05) is 30.9 Å². The van der Waals surface area contributed by atoms with Crippen LogP contribution in [0.25, 0.3) is 0 Å². The minimum atomic E-state index is -0.875. The highest BCUT2D eigenvalue weighted by atomic mass is 32.1. The van der Waals surface area contributed by atoms with E-state index in [-0.39, 0.29) is 18.4 Å². The van der Waals surface area contributed by atoms with E-state index in [0.717, 1.165) is 54.4 Å². The van der Waals surface area contributed by atoms with E-state index in [4.69, 9.17) is 0 Å². The minimum Gasteiger partial charge on any atom is -0.323 e. The molecule has 1 atom stereocenters. The molecule has 3 heterocycles. The first kappa shape index (κ1) is 20.1. The number of carbonyl (C=O) groups excluding carboxylic acids is 3. The number of nitrogens with zero attached hydrogens (tertiary/aromatic N) is 3. The van der Waals surface area contributed by atoms with Crippen molar-refractivity contribution in [1.29, 1.82) is 0 Å². The lowest BCUT2D eigenvalue weighted by atomic mass is 9.96. The maximum absolute atomic E-state index is 12.7. The highest BCUT2D eigenvalue weighted by Gasteiger charge is 2.56. The Labute approximate surface area is 184 Å². The second kappa shape index (κ2) is 7.72. The second-order valence-electron chi connectivity index (χ2n) is 8.68. The number of aromatic nitrogens is 1. The predicted molar refractivity (Wildman–Crippen MR) is 116 cm³/mol. The fraction of sp³-hybridized carbons (Fsp3) is 0.455. The zero-order chi connectivity index (χ0) is 21.6. The van der Waals surface area contributed by atoms with Crippen LogP contribution in [0.1, 0.15) is 35.9 Å². The Morgan fingerprint density at radius 3 is 2.81 bits per heavy atom. The summed E-state index contributed by atoms with van der Waals surface area (Å²) in [5.41, 5.74) is 1.41. The molecule has 2 aromatic rings. The molecule has 3 aliphatic rings. The van der Waals surface area contributed by atoms with Crippen LogP contribution in [0.2, 0.25) is 0 Å². The number of amides is 4. The first-order chi connectivity index (χ1) is 14.9. The van der Waals surface area contributed by atoms with E-state index in [9.17, 15) is 14.4 Å². The van der Waals surface area contributed by atoms with Crippen molar-refractivity contribution >= 4 is 34.3 Å². The van der Waals surface area contributed by atoms with Crippen LogP contribution in [0.15, 0.2) is 30.3 Å². The average Bonchev–Trinajstić information content (AvgIpc) is 3.49. The van der Waals surface area contributed by atoms with Crippen molar-refractivity contribution in [2.24, 2.45) is 5.92 Å². The van der Waals surface area contributed by atoms with Gasteiger partial charge in [0.05, 0.1) is 5.69 Å². The number of fused-ring (bicyclic) bond motifs is 1. The molecule has 1 saturated heterocycles. The Balaban J connectivity index is 1.19. The number of thiazole rings is 1. The summed E-state index contributed by atoms with van der Waals surface area (Å²) in [6.07, 6.45) is 2.68. The summed E-state index contributed by atoms with van der Waals surface area (Å²) in [6.45, 7) is 4.05. The van der Waals surface area contributed by atoms with Gasteiger partial charge < -0.3 is 10.6 Å². The second-order valence-corrected chi connectivity index (χ2v) is 9.77. The Morgan fingerprint density at radius 1 is 1.29 bits per heavy atom. The van der Waals surface area contributed by atoms with E-state index in [0.29, 0.717) is 5.13 Å². The topological polar surface area (TPSA) is 94.6 Å². The number of hydrogen-bond acceptors (Lipinski definition) is 6. The summed E-state index contributed by atoms with van der Waals surface area (Å²) in [7, 11) is 0. The zero-order valence-electron chi connectivity index (χ0n) is 17.4. The van der Waals surface area contributed by atoms with Crippen LogP contribution < -0.4 is 10.6 Å². The Kier molecular flexibility index (Phi) is 5.02. The van der Waals surface area contributed by atoms with Gasteiger partial charge in [0.25, 0.3) is 5.91 Å². The van der Waals surface area contributed by atoms with Crippen LogP contribution in [0.3, 0.4) is 0 Å². The third kappa shape index (κ3) is 3.95. The lowest BCUT2D eigenvalue weighted by Gasteiger charge is -2.25. The first-order valence-corrected chi connectivity index (χ1v) is 11.4. The molecule has 4 amide bonds. The molecule has 0 spiro atoms. The normalized spacial score (nSPS) is 23.6. The number of imide groups is 1. The van der Waals surface area contributed by atoms with Gasteiger partial charge in [-0.05, 0) is 31.2 Å². The fourth-order valence-corrected chi connectivity index (χ4v) is 5.44. The van der Waals surface area contributed by atoms with Crippen LogP contribution >= 0.6 is 11.3 Å². The van der Waals surface area contributed by atoms with Gasteiger partial charge in [-0.15, -0.1) is 11.3 Å². The van der Waals surface area contributed by atoms with Crippen molar-refractivity contribution in [3.63, 3.8) is 0 Å². The lowest BCUT2D eigenvalue weighted by molar-refractivity contribution is -0.134. The van der Waals surface area contributed by atoms with Gasteiger partial charge >= 0.3 is 6.03 Å². The van der Waals surface area contributed by atoms with E-state index < -0.39 is 17.5 Å². The Bertz CT molecular complexity index is 1040. The summed E-state index contributed by atoms with van der Waals surface area (Å²) in [5, 5.41) is 6.07. The zero-order valence-corrected chi connectivity index (χ0v) is 18.2. The van der Waals surface area contributed by atoms with E-state index >= 15 is 0 Å². The predicted octanol–water partition coefficient (Wildman–Crippen LogP) is 2.36. The van der Waals surface area contributed by atoms with E-state index in [1.165, 1.54) is 16.9 Å². The summed E-state index contributed by atoms with van der Waals surface area (Å²) in [4.78, 5) is 46.6. The largest absolute Gasteiger partial charge is 0.325 e. The summed E-state index contributed by atoms with van der Waals surface area (Å²) in [5.74, 6) is -0.553. The minimum absolute atomic E-state index is 0.168. The molecule has 8 nitrogen and oxygen atoms in total. The molecule has 2 fully saturated rings. The first-order valence-electron chi connectivity index (χ1n) is 10.6. The maximum atomic E-state index is 12.7. The van der Waals surface area contributed by atoms with Crippen LogP contribution in [-0.2, 0) is 29.1 Å². The van der Waals surface area contributed by atoms with Crippen molar-refractivity contribution in [2.45, 2.75) is 44.8 Å².